The Morgan fingerprint density at radius 2 is 1.74 bits per heavy atom. The van der Waals surface area contributed by atoms with Crippen molar-refractivity contribution in [2.45, 2.75) is 25.6 Å². The van der Waals surface area contributed by atoms with Crippen molar-refractivity contribution >= 4 is 23.2 Å². The molecule has 0 spiro atoms. The maximum atomic E-state index is 13.1. The molecule has 0 aliphatic carbocycles. The number of carbonyl (C=O) groups is 3. The molecule has 1 amide bonds. The van der Waals surface area contributed by atoms with E-state index in [1.165, 1.54) is 44.2 Å². The van der Waals surface area contributed by atoms with Gasteiger partial charge in [0.15, 0.2) is 5.60 Å². The number of rotatable bonds is 2. The number of alkyl halides is 3. The molecule has 0 saturated heterocycles. The summed E-state index contributed by atoms with van der Waals surface area (Å²) >= 11 is 0. The first-order valence-corrected chi connectivity index (χ1v) is 7.90. The highest BCUT2D eigenvalue weighted by Gasteiger charge is 2.42. The standard InChI is InChI=1S/C19H14F3NO4/c1-18(2)16(25)15(24)12-8-7-10(9-14(12)27-18)23-17(26)11-5-3-4-6-13(11)19(20,21)22/h3-9H,1-2H3,(H,23,26). The fourth-order valence-corrected chi connectivity index (χ4v) is 2.72. The Morgan fingerprint density at radius 3 is 2.41 bits per heavy atom. The van der Waals surface area contributed by atoms with Gasteiger partial charge in [-0.05, 0) is 38.1 Å². The van der Waals surface area contributed by atoms with E-state index in [0.29, 0.717) is 0 Å². The fourth-order valence-electron chi connectivity index (χ4n) is 2.72. The average Bonchev–Trinajstić information content (AvgIpc) is 2.58. The van der Waals surface area contributed by atoms with Crippen molar-refractivity contribution in [1.82, 2.24) is 0 Å². The van der Waals surface area contributed by atoms with Gasteiger partial charge >= 0.3 is 6.18 Å². The highest BCUT2D eigenvalue weighted by Crippen LogP contribution is 2.34. The number of anilines is 1. The highest BCUT2D eigenvalue weighted by atomic mass is 19.4. The lowest BCUT2D eigenvalue weighted by Gasteiger charge is -2.30. The number of amides is 1. The molecule has 27 heavy (non-hydrogen) atoms. The fraction of sp³-hybridized carbons (Fsp3) is 0.211. The van der Waals surface area contributed by atoms with Crippen LogP contribution in [0.2, 0.25) is 0 Å². The Morgan fingerprint density at radius 1 is 1.07 bits per heavy atom. The number of nitrogens with one attached hydrogen (secondary N) is 1. The number of ketones is 2. The van der Waals surface area contributed by atoms with E-state index in [9.17, 15) is 27.6 Å². The third-order valence-electron chi connectivity index (χ3n) is 4.08. The summed E-state index contributed by atoms with van der Waals surface area (Å²) in [4.78, 5) is 36.4. The van der Waals surface area contributed by atoms with Crippen LogP contribution in [0.1, 0.15) is 40.1 Å². The number of hydrogen-bond acceptors (Lipinski definition) is 4. The minimum absolute atomic E-state index is 0.0352. The van der Waals surface area contributed by atoms with E-state index in [1.807, 2.05) is 0 Å². The largest absolute Gasteiger partial charge is 0.479 e. The summed E-state index contributed by atoms with van der Waals surface area (Å²) in [5, 5.41) is 2.36. The predicted molar refractivity (Wildman–Crippen MR) is 89.9 cm³/mol. The van der Waals surface area contributed by atoms with Gasteiger partial charge in [0.25, 0.3) is 5.91 Å². The van der Waals surface area contributed by atoms with E-state index in [1.54, 1.807) is 0 Å². The number of carbonyl (C=O) groups excluding carboxylic acids is 3. The van der Waals surface area contributed by atoms with Gasteiger partial charge in [-0.25, -0.2) is 0 Å². The number of ether oxygens (including phenoxy) is 1. The maximum Gasteiger partial charge on any atom is 0.417 e. The Kier molecular flexibility index (Phi) is 4.29. The van der Waals surface area contributed by atoms with Crippen LogP contribution in [0.25, 0.3) is 0 Å². The van der Waals surface area contributed by atoms with Gasteiger partial charge in [-0.15, -0.1) is 0 Å². The molecule has 2 aromatic rings. The summed E-state index contributed by atoms with van der Waals surface area (Å²) in [6, 6.07) is 8.31. The van der Waals surface area contributed by atoms with Crippen LogP contribution in [0.5, 0.6) is 5.75 Å². The van der Waals surface area contributed by atoms with Crippen LogP contribution in [0.3, 0.4) is 0 Å². The number of hydrogen-bond donors (Lipinski definition) is 1. The van der Waals surface area contributed by atoms with Gasteiger partial charge < -0.3 is 10.1 Å². The monoisotopic (exact) mass is 377 g/mol. The molecule has 5 nitrogen and oxygen atoms in total. The van der Waals surface area contributed by atoms with Gasteiger partial charge in [-0.2, -0.15) is 13.2 Å². The van der Waals surface area contributed by atoms with Gasteiger partial charge in [0.1, 0.15) is 5.75 Å². The predicted octanol–water partition coefficient (Wildman–Crippen LogP) is 3.88. The number of halogens is 3. The third kappa shape index (κ3) is 3.42. The third-order valence-corrected chi connectivity index (χ3v) is 4.08. The molecule has 0 fully saturated rings. The van der Waals surface area contributed by atoms with Crippen LogP contribution in [-0.4, -0.2) is 23.1 Å². The summed E-state index contributed by atoms with van der Waals surface area (Å²) in [5.41, 5.74) is -2.79. The van der Waals surface area contributed by atoms with Crippen LogP contribution in [0.4, 0.5) is 18.9 Å². The van der Waals surface area contributed by atoms with Crippen molar-refractivity contribution in [3.63, 3.8) is 0 Å². The molecule has 0 saturated carbocycles. The second-order valence-corrected chi connectivity index (χ2v) is 6.48. The van der Waals surface area contributed by atoms with E-state index in [2.05, 4.69) is 5.32 Å². The SMILES string of the molecule is CC1(C)Oc2cc(NC(=O)c3ccccc3C(F)(F)F)ccc2C(=O)C1=O. The molecule has 2 aromatic carbocycles. The van der Waals surface area contributed by atoms with Crippen molar-refractivity contribution < 1.29 is 32.3 Å². The van der Waals surface area contributed by atoms with Crippen molar-refractivity contribution in [3.05, 3.63) is 59.2 Å². The second-order valence-electron chi connectivity index (χ2n) is 6.48. The van der Waals surface area contributed by atoms with Gasteiger partial charge in [0.05, 0.1) is 16.7 Å². The van der Waals surface area contributed by atoms with E-state index in [0.717, 1.165) is 12.1 Å². The molecule has 0 aromatic heterocycles. The van der Waals surface area contributed by atoms with Gasteiger partial charge in [-0.3, -0.25) is 14.4 Å². The van der Waals surface area contributed by atoms with E-state index in [4.69, 9.17) is 4.74 Å². The molecule has 0 bridgehead atoms. The molecule has 1 aliphatic heterocycles. The molecule has 1 heterocycles. The first-order valence-electron chi connectivity index (χ1n) is 7.90. The van der Waals surface area contributed by atoms with Crippen molar-refractivity contribution in [1.29, 1.82) is 0 Å². The van der Waals surface area contributed by atoms with Crippen LogP contribution in [0.15, 0.2) is 42.5 Å². The van der Waals surface area contributed by atoms with Crippen LogP contribution >= 0.6 is 0 Å². The van der Waals surface area contributed by atoms with Crippen molar-refractivity contribution in [3.8, 4) is 5.75 Å². The Labute approximate surface area is 152 Å². The normalized spacial score (nSPS) is 15.7. The van der Waals surface area contributed by atoms with Crippen LogP contribution in [0, 0.1) is 0 Å². The lowest BCUT2D eigenvalue weighted by atomic mass is 9.91. The number of Topliss-reactive ketones (excluding diaryl/α,β-unsaturated/α-hetero) is 2. The Bertz CT molecular complexity index is 964. The summed E-state index contributed by atoms with van der Waals surface area (Å²) in [6.07, 6.45) is -4.68. The zero-order valence-corrected chi connectivity index (χ0v) is 14.3. The number of fused-ring (bicyclic) bond motifs is 1. The lowest BCUT2D eigenvalue weighted by molar-refractivity contribution is -0.137. The highest BCUT2D eigenvalue weighted by molar-refractivity contribution is 6.47. The van der Waals surface area contributed by atoms with E-state index < -0.39 is 40.4 Å². The first kappa shape index (κ1) is 18.6. The number of benzene rings is 2. The molecule has 140 valence electrons. The summed E-state index contributed by atoms with van der Waals surface area (Å²) in [5.74, 6) is -2.31. The van der Waals surface area contributed by atoms with Crippen molar-refractivity contribution in [2.75, 3.05) is 5.32 Å². The molecule has 1 N–H and O–H groups in total. The minimum atomic E-state index is -4.68. The summed E-state index contributed by atoms with van der Waals surface area (Å²) in [6.45, 7) is 2.86. The lowest BCUT2D eigenvalue weighted by Crippen LogP contribution is -2.46. The van der Waals surface area contributed by atoms with E-state index in [-0.39, 0.29) is 17.0 Å². The molecular weight excluding hydrogens is 363 g/mol. The molecule has 0 radical (unpaired) electrons. The first-order chi connectivity index (χ1) is 12.5. The quantitative estimate of drug-likeness (QED) is 0.807. The molecule has 0 unspecified atom stereocenters. The smallest absolute Gasteiger partial charge is 0.417 e. The van der Waals surface area contributed by atoms with Crippen LogP contribution in [-0.2, 0) is 11.0 Å². The molecular formula is C19H14F3NO4. The topological polar surface area (TPSA) is 72.5 Å². The molecule has 8 heteroatoms. The Balaban J connectivity index is 1.92. The Hall–Kier alpha value is -3.16. The average molecular weight is 377 g/mol. The summed E-state index contributed by atoms with van der Waals surface area (Å²) in [7, 11) is 0. The minimum Gasteiger partial charge on any atom is -0.479 e. The van der Waals surface area contributed by atoms with E-state index >= 15 is 0 Å². The molecule has 3 rings (SSSR count). The zero-order valence-electron chi connectivity index (χ0n) is 14.3. The van der Waals surface area contributed by atoms with Gasteiger partial charge in [0.2, 0.25) is 11.6 Å². The van der Waals surface area contributed by atoms with Crippen LogP contribution < -0.4 is 10.1 Å². The maximum absolute atomic E-state index is 13.1. The zero-order chi connectivity index (χ0) is 20.0. The second kappa shape index (κ2) is 6.22. The van der Waals surface area contributed by atoms with Gasteiger partial charge in [-0.1, -0.05) is 12.1 Å². The van der Waals surface area contributed by atoms with Gasteiger partial charge in [0, 0.05) is 11.8 Å². The summed E-state index contributed by atoms with van der Waals surface area (Å²) < 4.78 is 44.7. The molecule has 1 aliphatic rings. The van der Waals surface area contributed by atoms with Crippen molar-refractivity contribution in [2.24, 2.45) is 0 Å². The molecule has 0 atom stereocenters.